The van der Waals surface area contributed by atoms with E-state index < -0.39 is 0 Å². The Balaban J connectivity index is 4.74. The number of rotatable bonds is 12. The molecule has 3 unspecified atom stereocenters. The summed E-state index contributed by atoms with van der Waals surface area (Å²) in [6.07, 6.45) is 4.20. The van der Waals surface area contributed by atoms with Gasteiger partial charge in [0.05, 0.1) is 0 Å². The van der Waals surface area contributed by atoms with E-state index in [0.717, 1.165) is 38.0 Å². The normalized spacial score (nSPS) is 17.7. The van der Waals surface area contributed by atoms with Crippen LogP contribution in [0.25, 0.3) is 0 Å². The third-order valence-electron chi connectivity index (χ3n) is 5.35. The number of nitrogens with one attached hydrogen (secondary N) is 2. The minimum Gasteiger partial charge on any atom is -0.356 e. The fraction of sp³-hybridized carbons (Fsp3) is 0.905. The molecule has 0 aliphatic carbocycles. The summed E-state index contributed by atoms with van der Waals surface area (Å²) in [5.74, 6) is 1.16. The highest BCUT2D eigenvalue weighted by Crippen LogP contribution is 2.39. The molecule has 4 nitrogen and oxygen atoms in total. The number of hydrogen-bond donors (Lipinski definition) is 2. The Morgan fingerprint density at radius 3 is 1.92 bits per heavy atom. The minimum absolute atomic E-state index is 0.0335. The van der Waals surface area contributed by atoms with Gasteiger partial charge in [0.25, 0.3) is 0 Å². The second kappa shape index (κ2) is 10.6. The maximum Gasteiger partial charge on any atom is 0.217 e. The summed E-state index contributed by atoms with van der Waals surface area (Å²) < 4.78 is 0. The highest BCUT2D eigenvalue weighted by Gasteiger charge is 2.33. The van der Waals surface area contributed by atoms with Gasteiger partial charge in [-0.05, 0) is 56.1 Å². The summed E-state index contributed by atoms with van der Waals surface area (Å²) in [6.45, 7) is 19.4. The average Bonchev–Trinajstić information content (AvgIpc) is 2.49. The van der Waals surface area contributed by atoms with Crippen molar-refractivity contribution in [3.8, 4) is 0 Å². The summed E-state index contributed by atoms with van der Waals surface area (Å²) in [7, 11) is 0. The van der Waals surface area contributed by atoms with E-state index in [1.54, 1.807) is 13.8 Å². The average molecular weight is 387 g/mol. The van der Waals surface area contributed by atoms with E-state index >= 15 is 0 Å². The first-order valence-corrected chi connectivity index (χ1v) is 11.0. The van der Waals surface area contributed by atoms with Crippen LogP contribution in [0.5, 0.6) is 0 Å². The Kier molecular flexibility index (Phi) is 10.3. The molecule has 2 amide bonds. The minimum atomic E-state index is -0.191. The van der Waals surface area contributed by atoms with E-state index in [1.807, 2.05) is 11.8 Å². The lowest BCUT2D eigenvalue weighted by atomic mass is 9.78. The first kappa shape index (κ1) is 25.3. The van der Waals surface area contributed by atoms with E-state index in [2.05, 4.69) is 59.1 Å². The zero-order chi connectivity index (χ0) is 20.6. The van der Waals surface area contributed by atoms with Crippen LogP contribution in [-0.4, -0.2) is 34.9 Å². The molecule has 5 heteroatoms. The monoisotopic (exact) mass is 386 g/mol. The Hall–Kier alpha value is -0.710. The van der Waals surface area contributed by atoms with Crippen molar-refractivity contribution >= 4 is 23.6 Å². The van der Waals surface area contributed by atoms with Gasteiger partial charge in [-0.3, -0.25) is 9.59 Å². The molecule has 0 spiro atoms. The van der Waals surface area contributed by atoms with E-state index in [9.17, 15) is 9.59 Å². The predicted octanol–water partition coefficient (Wildman–Crippen LogP) is 4.77. The van der Waals surface area contributed by atoms with Crippen molar-refractivity contribution in [1.82, 2.24) is 10.6 Å². The molecule has 26 heavy (non-hydrogen) atoms. The molecule has 0 aliphatic rings. The summed E-state index contributed by atoms with van der Waals surface area (Å²) in [6, 6.07) is 0. The zero-order valence-corrected chi connectivity index (χ0v) is 19.4. The lowest BCUT2D eigenvalue weighted by Crippen LogP contribution is -2.46. The Labute approximate surface area is 166 Å². The molecular formula is C21H42N2O2S. The van der Waals surface area contributed by atoms with Crippen molar-refractivity contribution in [3.63, 3.8) is 0 Å². The molecule has 0 aliphatic heterocycles. The predicted molar refractivity (Wildman–Crippen MR) is 115 cm³/mol. The highest BCUT2D eigenvalue weighted by atomic mass is 32.2. The molecule has 0 aromatic rings. The third kappa shape index (κ3) is 10.4. The molecule has 154 valence electrons. The van der Waals surface area contributed by atoms with Gasteiger partial charge in [0.2, 0.25) is 11.8 Å². The summed E-state index contributed by atoms with van der Waals surface area (Å²) in [5, 5.41) is 6.60. The molecule has 2 N–H and O–H groups in total. The van der Waals surface area contributed by atoms with Gasteiger partial charge in [0.1, 0.15) is 0 Å². The molecule has 0 saturated carbocycles. The summed E-state index contributed by atoms with van der Waals surface area (Å²) >= 11 is 2.02. The maximum absolute atomic E-state index is 11.5. The highest BCUT2D eigenvalue weighted by molar-refractivity contribution is 7.99. The van der Waals surface area contributed by atoms with Crippen LogP contribution < -0.4 is 10.6 Å². The number of carbonyl (C=O) groups excluding carboxylic acids is 2. The molecule has 0 radical (unpaired) electrons. The van der Waals surface area contributed by atoms with Crippen molar-refractivity contribution in [2.24, 2.45) is 10.8 Å². The topological polar surface area (TPSA) is 58.2 Å². The molecule has 0 rings (SSSR count). The van der Waals surface area contributed by atoms with Gasteiger partial charge in [0, 0.05) is 31.2 Å². The van der Waals surface area contributed by atoms with Crippen LogP contribution in [0.15, 0.2) is 0 Å². The molecule has 0 bridgehead atoms. The van der Waals surface area contributed by atoms with Crippen LogP contribution in [0, 0.1) is 10.8 Å². The van der Waals surface area contributed by atoms with Gasteiger partial charge in [0.15, 0.2) is 0 Å². The number of amides is 2. The van der Waals surface area contributed by atoms with Crippen molar-refractivity contribution in [3.05, 3.63) is 0 Å². The summed E-state index contributed by atoms with van der Waals surface area (Å²) in [5.41, 5.74) is 0.130. The van der Waals surface area contributed by atoms with Crippen molar-refractivity contribution < 1.29 is 9.59 Å². The zero-order valence-electron chi connectivity index (χ0n) is 18.5. The lowest BCUT2D eigenvalue weighted by molar-refractivity contribution is -0.121. The fourth-order valence-corrected chi connectivity index (χ4v) is 5.15. The van der Waals surface area contributed by atoms with E-state index in [1.165, 1.54) is 0 Å². The third-order valence-corrected chi connectivity index (χ3v) is 6.95. The van der Waals surface area contributed by atoms with Crippen LogP contribution in [-0.2, 0) is 9.59 Å². The largest absolute Gasteiger partial charge is 0.356 e. The fourth-order valence-electron chi connectivity index (χ4n) is 3.64. The first-order valence-electron chi connectivity index (χ1n) is 9.91. The quantitative estimate of drug-likeness (QED) is 0.508. The molecule has 0 aromatic carbocycles. The second-order valence-corrected chi connectivity index (χ2v) is 10.7. The van der Waals surface area contributed by atoms with E-state index in [0.29, 0.717) is 5.25 Å². The Bertz CT molecular complexity index is 467. The van der Waals surface area contributed by atoms with E-state index in [4.69, 9.17) is 0 Å². The Morgan fingerprint density at radius 1 is 0.962 bits per heavy atom. The van der Waals surface area contributed by atoms with Crippen LogP contribution in [0.3, 0.4) is 0 Å². The second-order valence-electron chi connectivity index (χ2n) is 9.31. The van der Waals surface area contributed by atoms with E-state index in [-0.39, 0.29) is 28.2 Å². The van der Waals surface area contributed by atoms with Crippen LogP contribution in [0.2, 0.25) is 0 Å². The molecule has 0 aromatic heterocycles. The van der Waals surface area contributed by atoms with Gasteiger partial charge in [-0.1, -0.05) is 34.6 Å². The van der Waals surface area contributed by atoms with Crippen LogP contribution in [0.1, 0.15) is 88.0 Å². The molecular weight excluding hydrogens is 344 g/mol. The lowest BCUT2D eigenvalue weighted by Gasteiger charge is -2.38. The maximum atomic E-state index is 11.5. The van der Waals surface area contributed by atoms with Crippen LogP contribution >= 0.6 is 11.8 Å². The SMILES string of the molecule is CCC(C)(CNC(C)=O)CC(C)SCC(C)(CC)CC(C)(C)NC(C)=O. The molecule has 0 saturated heterocycles. The molecule has 0 fully saturated rings. The standard InChI is InChI=1S/C21H42N2O2S/c1-10-20(8,14-22-17(4)24)12-16(3)26-15-21(9,11-2)13-19(6,7)23-18(5)25/h16H,10-15H2,1-9H3,(H,22,24)(H,23,25). The molecule has 3 atom stereocenters. The van der Waals surface area contributed by atoms with Gasteiger partial charge in [-0.15, -0.1) is 0 Å². The number of carbonyl (C=O) groups is 2. The number of thioether (sulfide) groups is 1. The van der Waals surface area contributed by atoms with Crippen molar-refractivity contribution in [2.45, 2.75) is 98.8 Å². The summed E-state index contributed by atoms with van der Waals surface area (Å²) in [4.78, 5) is 22.7. The first-order chi connectivity index (χ1) is 11.8. The van der Waals surface area contributed by atoms with Gasteiger partial charge < -0.3 is 10.6 Å². The van der Waals surface area contributed by atoms with Crippen molar-refractivity contribution in [1.29, 1.82) is 0 Å². The smallest absolute Gasteiger partial charge is 0.217 e. The number of hydrogen-bond acceptors (Lipinski definition) is 3. The van der Waals surface area contributed by atoms with Gasteiger partial charge in [-0.2, -0.15) is 11.8 Å². The van der Waals surface area contributed by atoms with Crippen molar-refractivity contribution in [2.75, 3.05) is 12.3 Å². The van der Waals surface area contributed by atoms with Crippen LogP contribution in [0.4, 0.5) is 0 Å². The van der Waals surface area contributed by atoms with Gasteiger partial charge in [-0.25, -0.2) is 0 Å². The molecule has 0 heterocycles. The Morgan fingerprint density at radius 2 is 1.50 bits per heavy atom. The van der Waals surface area contributed by atoms with Gasteiger partial charge >= 0.3 is 0 Å².